The van der Waals surface area contributed by atoms with Crippen LogP contribution in [0.25, 0.3) is 0 Å². The van der Waals surface area contributed by atoms with Gasteiger partial charge in [0.2, 0.25) is 76.8 Å². The van der Waals surface area contributed by atoms with E-state index >= 15 is 0 Å². The van der Waals surface area contributed by atoms with Crippen molar-refractivity contribution in [2.75, 3.05) is 52.5 Å². The summed E-state index contributed by atoms with van der Waals surface area (Å²) in [5, 5.41) is 64.6. The first-order valence-electron chi connectivity index (χ1n) is 27.4. The number of rotatable bonds is 22. The van der Waals surface area contributed by atoms with E-state index in [0.29, 0.717) is 21.6 Å². The molecule has 1 fully saturated rings. The van der Waals surface area contributed by atoms with Crippen molar-refractivity contribution >= 4 is 82.8 Å². The number of ether oxygens (including phenoxy) is 1. The molecule has 13 amide bonds. The van der Waals surface area contributed by atoms with Crippen LogP contribution in [0.3, 0.4) is 0 Å². The molecule has 0 bridgehead atoms. The summed E-state index contributed by atoms with van der Waals surface area (Å²) < 4.78 is 5.29. The summed E-state index contributed by atoms with van der Waals surface area (Å²) in [5.41, 5.74) is 0. The van der Waals surface area contributed by atoms with Crippen molar-refractivity contribution in [1.29, 1.82) is 0 Å². The van der Waals surface area contributed by atoms with E-state index in [-0.39, 0.29) is 81.6 Å². The second-order valence-electron chi connectivity index (χ2n) is 19.8. The number of hydrogen-bond donors (Lipinski definition) is 14. The molecule has 0 aromatic heterocycles. The van der Waals surface area contributed by atoms with Crippen molar-refractivity contribution in [3.05, 3.63) is 12.2 Å². The fourth-order valence-electron chi connectivity index (χ4n) is 7.55. The fourth-order valence-corrected chi connectivity index (χ4v) is 7.55. The van der Waals surface area contributed by atoms with Crippen LogP contribution in [0.15, 0.2) is 12.2 Å². The standard InChI is InChI=1S/C51H85N13O19.Fe/c1-8-9-10-11-12-13-14-21-40(69)57-39-29-83-43(72)27-54-46(74)35(18-15-22-62(80)32(5)66)56-41(70)25-52-45(73)31(4)55-48(76)37(20-17-24-64(82)34(7)68)59-49(77)38(28-65)60-51(79)44(30(2)3)61-42(71)26-53-47(75)36(58-50(39)78)19-16-23-63(81)33(6)67;/h13-14,30-31,35-39,44,65,80-82H,8-12,15-29H2,1-7H3,(H,52,73)(H,53,75)(H,54,74)(H,55,76)(H,56,70)(H,57,69)(H,58,78)(H,59,77)(H,60,79)(H,61,71);/b14-13+;/t31-,35?,36?,37?,38+,39-,44-;/m1./s1. The van der Waals surface area contributed by atoms with Crippen molar-refractivity contribution in [2.24, 2.45) is 5.92 Å². The quantitative estimate of drug-likeness (QED) is 0.0122. The number of carbonyl (C=O) groups excluding carboxylic acids is 14. The Morgan fingerprint density at radius 1 is 0.571 bits per heavy atom. The Labute approximate surface area is 497 Å². The van der Waals surface area contributed by atoms with Crippen LogP contribution in [-0.4, -0.2) is 213 Å². The van der Waals surface area contributed by atoms with Gasteiger partial charge in [-0.05, 0) is 64.2 Å². The Bertz CT molecular complexity index is 2280. The number of carbonyl (C=O) groups is 14. The predicted molar refractivity (Wildman–Crippen MR) is 289 cm³/mol. The Hall–Kier alpha value is -7.32. The van der Waals surface area contributed by atoms with Crippen LogP contribution >= 0.6 is 0 Å². The van der Waals surface area contributed by atoms with Crippen molar-refractivity contribution in [1.82, 2.24) is 68.4 Å². The maximum atomic E-state index is 14.0. The molecule has 0 radical (unpaired) electrons. The number of cyclic esters (lactones) is 1. The molecule has 14 N–H and O–H groups in total. The van der Waals surface area contributed by atoms with Gasteiger partial charge in [-0.3, -0.25) is 82.7 Å². The molecule has 0 aromatic rings. The molecule has 1 aliphatic rings. The Morgan fingerprint density at radius 3 is 1.52 bits per heavy atom. The minimum atomic E-state index is -1.79. The van der Waals surface area contributed by atoms with Gasteiger partial charge in [-0.15, -0.1) is 0 Å². The van der Waals surface area contributed by atoms with Gasteiger partial charge in [0, 0.05) is 63.9 Å². The van der Waals surface area contributed by atoms with E-state index < -0.39 is 164 Å². The van der Waals surface area contributed by atoms with Crippen LogP contribution in [0, 0.1) is 5.92 Å². The molecule has 0 spiro atoms. The molecule has 0 aliphatic carbocycles. The molecule has 0 aromatic carbocycles. The number of aliphatic hydroxyl groups excluding tert-OH is 1. The average molecular weight is 1240 g/mol. The zero-order valence-electron chi connectivity index (χ0n) is 48.5. The summed E-state index contributed by atoms with van der Waals surface area (Å²) in [4.78, 5) is 183. The first-order valence-corrected chi connectivity index (χ1v) is 27.4. The third kappa shape index (κ3) is 31.4. The van der Waals surface area contributed by atoms with Gasteiger partial charge in [0.1, 0.15) is 55.4 Å². The van der Waals surface area contributed by atoms with Crippen LogP contribution in [0.2, 0.25) is 0 Å². The van der Waals surface area contributed by atoms with E-state index in [9.17, 15) is 87.9 Å². The zero-order valence-corrected chi connectivity index (χ0v) is 49.6. The van der Waals surface area contributed by atoms with Crippen molar-refractivity contribution in [2.45, 2.75) is 168 Å². The minimum absolute atomic E-state index is 0. The van der Waals surface area contributed by atoms with Gasteiger partial charge in [0.15, 0.2) is 0 Å². The largest absolute Gasteiger partial charge is 0.462 e. The number of unbranched alkanes of at least 4 members (excludes halogenated alkanes) is 4. The van der Waals surface area contributed by atoms with Gasteiger partial charge in [-0.1, -0.05) is 52.2 Å². The van der Waals surface area contributed by atoms with Gasteiger partial charge in [0.25, 0.3) is 0 Å². The van der Waals surface area contributed by atoms with Crippen molar-refractivity contribution in [3.63, 3.8) is 0 Å². The Morgan fingerprint density at radius 2 is 1.02 bits per heavy atom. The minimum Gasteiger partial charge on any atom is -0.462 e. The molecule has 476 valence electrons. The number of aliphatic hydroxyl groups is 1. The van der Waals surface area contributed by atoms with Gasteiger partial charge in [-0.2, -0.15) is 0 Å². The second-order valence-corrected chi connectivity index (χ2v) is 19.8. The van der Waals surface area contributed by atoms with E-state index in [2.05, 4.69) is 60.1 Å². The first kappa shape index (κ1) is 76.7. The summed E-state index contributed by atoms with van der Waals surface area (Å²) in [6.45, 7) is 3.95. The first-order chi connectivity index (χ1) is 39.1. The predicted octanol–water partition coefficient (Wildman–Crippen LogP) is -4.08. The molecule has 3 unspecified atom stereocenters. The van der Waals surface area contributed by atoms with Crippen LogP contribution in [-0.2, 0) is 88.9 Å². The van der Waals surface area contributed by atoms with Crippen LogP contribution in [0.4, 0.5) is 0 Å². The summed E-state index contributed by atoms with van der Waals surface area (Å²) in [6.07, 6.45) is 6.38. The number of allylic oxidation sites excluding steroid dienone is 1. The molecule has 7 atom stereocenters. The maximum Gasteiger partial charge on any atom is 0.325 e. The molecule has 32 nitrogen and oxygen atoms in total. The van der Waals surface area contributed by atoms with E-state index in [1.165, 1.54) is 20.8 Å². The molecular weight excluding hydrogens is 1150 g/mol. The van der Waals surface area contributed by atoms with Crippen molar-refractivity contribution in [3.8, 4) is 0 Å². The van der Waals surface area contributed by atoms with Crippen LogP contribution in [0.5, 0.6) is 0 Å². The number of hydrogen-bond acceptors (Lipinski definition) is 19. The number of hydroxylamine groups is 6. The molecule has 1 heterocycles. The summed E-state index contributed by atoms with van der Waals surface area (Å²) >= 11 is 0. The van der Waals surface area contributed by atoms with E-state index in [4.69, 9.17) is 4.74 Å². The maximum absolute atomic E-state index is 14.0. The number of nitrogens with zero attached hydrogens (tertiary/aromatic N) is 3. The molecule has 84 heavy (non-hydrogen) atoms. The molecule has 33 heteroatoms. The monoisotopic (exact) mass is 1240 g/mol. The summed E-state index contributed by atoms with van der Waals surface area (Å²) in [7, 11) is 0. The van der Waals surface area contributed by atoms with Gasteiger partial charge >= 0.3 is 5.97 Å². The molecule has 1 saturated heterocycles. The number of amides is 13. The second kappa shape index (κ2) is 41.6. The van der Waals surface area contributed by atoms with Gasteiger partial charge < -0.3 is 63.0 Å². The van der Waals surface area contributed by atoms with E-state index in [1.54, 1.807) is 12.2 Å². The molecule has 1 aliphatic heterocycles. The summed E-state index contributed by atoms with van der Waals surface area (Å²) in [6, 6.07) is -11.0. The smallest absolute Gasteiger partial charge is 0.325 e. The Balaban J connectivity index is 0.0000689. The zero-order chi connectivity index (χ0) is 62.8. The molecular formula is C51H85FeN13O19. The normalized spacial score (nSPS) is 21.6. The average Bonchev–Trinajstić information content (AvgIpc) is 3.54. The molecule has 1 rings (SSSR count). The van der Waals surface area contributed by atoms with Crippen LogP contribution < -0.4 is 53.2 Å². The van der Waals surface area contributed by atoms with Gasteiger partial charge in [0.05, 0.1) is 19.7 Å². The van der Waals surface area contributed by atoms with Crippen LogP contribution in [0.1, 0.15) is 126 Å². The number of esters is 1. The SMILES string of the molecule is CCCCCC/C=C/CC(=O)N[C@@H]1COC(=O)CNC(=O)C(CCCN(O)C(C)=O)NC(=O)CNC(=O)[C@@H](C)NC(=O)C(CCCN(O)C(C)=O)NC(=O)[C@H](CO)NC(=O)[C@@H](C(C)C)NC(=O)CNC(=O)C(CCCN(O)C(C)=O)NC1=O.[Fe]. The third-order valence-corrected chi connectivity index (χ3v) is 12.4. The Kier molecular flexibility index (Phi) is 38.0. The topological polar surface area (TPSA) is 459 Å². The van der Waals surface area contributed by atoms with Crippen molar-refractivity contribution < 1.29 is 110 Å². The third-order valence-electron chi connectivity index (χ3n) is 12.4. The van der Waals surface area contributed by atoms with Gasteiger partial charge in [-0.25, -0.2) is 15.2 Å². The summed E-state index contributed by atoms with van der Waals surface area (Å²) in [5.74, 6) is -14.1. The molecule has 0 saturated carbocycles. The fraction of sp³-hybridized carbons (Fsp3) is 0.686. The van der Waals surface area contributed by atoms with E-state index in [1.807, 2.05) is 0 Å². The van der Waals surface area contributed by atoms with E-state index in [0.717, 1.165) is 46.5 Å². The number of nitrogens with one attached hydrogen (secondary N) is 10.